The van der Waals surface area contributed by atoms with Crippen LogP contribution in [0.25, 0.3) is 104 Å². The van der Waals surface area contributed by atoms with Gasteiger partial charge in [-0.1, -0.05) is 176 Å². The summed E-state index contributed by atoms with van der Waals surface area (Å²) in [4.78, 5) is 0. The van der Waals surface area contributed by atoms with Crippen molar-refractivity contribution >= 4 is 53.1 Å². The van der Waals surface area contributed by atoms with Gasteiger partial charge in [-0.05, 0) is 79.2 Å². The number of hydrogen-bond acceptors (Lipinski definition) is 3. The van der Waals surface area contributed by atoms with Gasteiger partial charge in [0.2, 0.25) is 0 Å². The summed E-state index contributed by atoms with van der Waals surface area (Å²) in [6.45, 7) is 0. The van der Waals surface area contributed by atoms with Crippen LogP contribution < -0.4 is 0 Å². The summed E-state index contributed by atoms with van der Waals surface area (Å²) in [7, 11) is 0. The van der Waals surface area contributed by atoms with E-state index in [4.69, 9.17) is 10.2 Å². The summed E-state index contributed by atoms with van der Waals surface area (Å²) in [5, 5.41) is 17.1. The Labute approximate surface area is 328 Å². The third-order valence-corrected chi connectivity index (χ3v) is 12.1. The number of fused-ring (bicyclic) bond motifs is 5. The zero-order chi connectivity index (χ0) is 37.0. The number of aromatic nitrogens is 3. The number of hydrogen-bond donors (Lipinski definition) is 0. The van der Waals surface area contributed by atoms with Gasteiger partial charge in [0.05, 0.1) is 0 Å². The minimum Gasteiger partial charge on any atom is -0.275 e. The molecule has 9 aromatic carbocycles. The van der Waals surface area contributed by atoms with Gasteiger partial charge in [-0.15, -0.1) is 21.5 Å². The maximum absolute atomic E-state index is 4.79. The molecule has 11 rings (SSSR count). The second kappa shape index (κ2) is 13.3. The molecular formula is C52H33N3S. The van der Waals surface area contributed by atoms with Crippen LogP contribution in [0.15, 0.2) is 200 Å². The molecule has 0 N–H and O–H groups in total. The second-order valence-electron chi connectivity index (χ2n) is 14.2. The first-order valence-corrected chi connectivity index (χ1v) is 19.7. The lowest BCUT2D eigenvalue weighted by Crippen LogP contribution is -2.00. The Bertz CT molecular complexity index is 3200. The maximum atomic E-state index is 4.79. The predicted molar refractivity (Wildman–Crippen MR) is 236 cm³/mol. The molecule has 0 fully saturated rings. The standard InChI is InChI=1S/C52H33N3S/c1-5-16-34(17-6-1)40-26-15-27-43-44-32-45-46(33-47(44)56-50(40)43)48(35-18-7-2-8-19-35)41-24-13-14-25-42(41)49(45)36-28-30-38(31-29-36)52-54-53-51(37-20-9-3-10-21-37)55(52)39-22-11-4-12-23-39/h1-33H. The van der Waals surface area contributed by atoms with Crippen LogP contribution in [0.3, 0.4) is 0 Å². The molecule has 0 bridgehead atoms. The highest BCUT2D eigenvalue weighted by Crippen LogP contribution is 2.48. The third-order valence-electron chi connectivity index (χ3n) is 10.9. The van der Waals surface area contributed by atoms with Crippen molar-refractivity contribution in [2.45, 2.75) is 0 Å². The van der Waals surface area contributed by atoms with E-state index in [9.17, 15) is 0 Å². The number of benzene rings is 9. The summed E-state index contributed by atoms with van der Waals surface area (Å²) in [5.41, 5.74) is 10.4. The fourth-order valence-electron chi connectivity index (χ4n) is 8.39. The van der Waals surface area contributed by atoms with Crippen LogP contribution in [0.1, 0.15) is 0 Å². The van der Waals surface area contributed by atoms with Crippen molar-refractivity contribution in [1.29, 1.82) is 0 Å². The van der Waals surface area contributed by atoms with Crippen molar-refractivity contribution in [3.05, 3.63) is 200 Å². The SMILES string of the molecule is c1ccc(-c2c3ccccc3c(-c3ccc(-c4nnc(-c5ccccc5)n4-c4ccccc4)cc3)c3cc4c(cc23)sc2c(-c3ccccc3)cccc24)cc1. The lowest BCUT2D eigenvalue weighted by atomic mass is 9.85. The van der Waals surface area contributed by atoms with Crippen molar-refractivity contribution < 1.29 is 0 Å². The van der Waals surface area contributed by atoms with Crippen molar-refractivity contribution in [2.24, 2.45) is 0 Å². The van der Waals surface area contributed by atoms with Gasteiger partial charge in [0, 0.05) is 37.0 Å². The van der Waals surface area contributed by atoms with Gasteiger partial charge in [-0.2, -0.15) is 0 Å². The van der Waals surface area contributed by atoms with Gasteiger partial charge in [0.15, 0.2) is 11.6 Å². The Morgan fingerprint density at radius 3 is 1.43 bits per heavy atom. The zero-order valence-electron chi connectivity index (χ0n) is 30.3. The highest BCUT2D eigenvalue weighted by molar-refractivity contribution is 7.26. The van der Waals surface area contributed by atoms with Crippen LogP contribution in [0.2, 0.25) is 0 Å². The summed E-state index contributed by atoms with van der Waals surface area (Å²) in [5.74, 6) is 1.61. The van der Waals surface area contributed by atoms with Gasteiger partial charge in [-0.3, -0.25) is 4.57 Å². The number of para-hydroxylation sites is 1. The average Bonchev–Trinajstić information content (AvgIpc) is 3.88. The highest BCUT2D eigenvalue weighted by Gasteiger charge is 2.21. The first kappa shape index (κ1) is 32.3. The van der Waals surface area contributed by atoms with Crippen LogP contribution in [-0.4, -0.2) is 14.8 Å². The molecule has 0 aliphatic rings. The normalized spacial score (nSPS) is 11.6. The molecule has 0 spiro atoms. The van der Waals surface area contributed by atoms with Gasteiger partial charge >= 0.3 is 0 Å². The lowest BCUT2D eigenvalue weighted by Gasteiger charge is -2.18. The average molecular weight is 732 g/mol. The Hall–Kier alpha value is -7.14. The van der Waals surface area contributed by atoms with E-state index in [-0.39, 0.29) is 0 Å². The van der Waals surface area contributed by atoms with Gasteiger partial charge in [0.25, 0.3) is 0 Å². The van der Waals surface area contributed by atoms with Crippen LogP contribution in [0.5, 0.6) is 0 Å². The predicted octanol–water partition coefficient (Wildman–Crippen LogP) is 14.3. The minimum absolute atomic E-state index is 0.802. The van der Waals surface area contributed by atoms with Crippen molar-refractivity contribution in [2.75, 3.05) is 0 Å². The molecule has 11 aromatic rings. The Morgan fingerprint density at radius 2 is 0.804 bits per heavy atom. The van der Waals surface area contributed by atoms with Crippen LogP contribution in [0, 0.1) is 0 Å². The van der Waals surface area contributed by atoms with E-state index in [1.54, 1.807) is 0 Å². The number of nitrogens with zero attached hydrogens (tertiary/aromatic N) is 3. The summed E-state index contributed by atoms with van der Waals surface area (Å²) in [6, 6.07) is 71.7. The molecule has 0 aliphatic heterocycles. The van der Waals surface area contributed by atoms with Gasteiger partial charge < -0.3 is 0 Å². The molecule has 4 heteroatoms. The van der Waals surface area contributed by atoms with E-state index in [1.807, 2.05) is 35.6 Å². The molecule has 262 valence electrons. The van der Waals surface area contributed by atoms with Crippen molar-refractivity contribution in [1.82, 2.24) is 14.8 Å². The van der Waals surface area contributed by atoms with E-state index in [2.05, 4.69) is 180 Å². The van der Waals surface area contributed by atoms with Gasteiger partial charge in [-0.25, -0.2) is 0 Å². The molecule has 0 unspecified atom stereocenters. The summed E-state index contributed by atoms with van der Waals surface area (Å²) < 4.78 is 4.77. The number of thiophene rings is 1. The molecule has 3 nitrogen and oxygen atoms in total. The minimum atomic E-state index is 0.802. The zero-order valence-corrected chi connectivity index (χ0v) is 31.1. The number of rotatable bonds is 6. The van der Waals surface area contributed by atoms with Crippen LogP contribution in [0.4, 0.5) is 0 Å². The molecule has 2 heterocycles. The maximum Gasteiger partial charge on any atom is 0.168 e. The third kappa shape index (κ3) is 5.26. The monoisotopic (exact) mass is 731 g/mol. The van der Waals surface area contributed by atoms with E-state index in [1.165, 1.54) is 69.5 Å². The molecule has 0 saturated heterocycles. The summed E-state index contributed by atoms with van der Waals surface area (Å²) >= 11 is 1.89. The molecule has 0 saturated carbocycles. The lowest BCUT2D eigenvalue weighted by molar-refractivity contribution is 1.07. The van der Waals surface area contributed by atoms with Gasteiger partial charge in [0.1, 0.15) is 0 Å². The first-order chi connectivity index (χ1) is 27.8. The Morgan fingerprint density at radius 1 is 0.339 bits per heavy atom. The van der Waals surface area contributed by atoms with Crippen molar-refractivity contribution in [3.8, 4) is 61.8 Å². The van der Waals surface area contributed by atoms with E-state index in [0.717, 1.165) is 34.0 Å². The highest BCUT2D eigenvalue weighted by atomic mass is 32.1. The smallest absolute Gasteiger partial charge is 0.168 e. The topological polar surface area (TPSA) is 30.7 Å². The van der Waals surface area contributed by atoms with E-state index < -0.39 is 0 Å². The van der Waals surface area contributed by atoms with Crippen LogP contribution >= 0.6 is 11.3 Å². The molecular weight excluding hydrogens is 699 g/mol. The molecule has 0 radical (unpaired) electrons. The fraction of sp³-hybridized carbons (Fsp3) is 0. The molecule has 56 heavy (non-hydrogen) atoms. The molecule has 0 atom stereocenters. The van der Waals surface area contributed by atoms with Crippen molar-refractivity contribution in [3.63, 3.8) is 0 Å². The molecule has 0 aliphatic carbocycles. The quantitative estimate of drug-likeness (QED) is 0.159. The largest absolute Gasteiger partial charge is 0.275 e. The second-order valence-corrected chi connectivity index (χ2v) is 15.2. The first-order valence-electron chi connectivity index (χ1n) is 18.9. The Kier molecular flexibility index (Phi) is 7.68. The Balaban J connectivity index is 1.16. The van der Waals surface area contributed by atoms with Crippen LogP contribution in [-0.2, 0) is 0 Å². The summed E-state index contributed by atoms with van der Waals surface area (Å²) in [6.07, 6.45) is 0. The van der Waals surface area contributed by atoms with E-state index >= 15 is 0 Å². The molecule has 0 amide bonds. The fourth-order valence-corrected chi connectivity index (χ4v) is 9.65. The molecule has 2 aromatic heterocycles. The van der Waals surface area contributed by atoms with E-state index in [0.29, 0.717) is 0 Å².